The first-order valence-electron chi connectivity index (χ1n) is 13.7. The fourth-order valence-corrected chi connectivity index (χ4v) is 7.10. The molecule has 1 saturated carbocycles. The summed E-state index contributed by atoms with van der Waals surface area (Å²) in [5.41, 5.74) is 7.56. The number of anilines is 2. The van der Waals surface area contributed by atoms with Crippen LogP contribution in [-0.2, 0) is 4.74 Å². The van der Waals surface area contributed by atoms with Crippen LogP contribution in [-0.4, -0.2) is 93.9 Å². The van der Waals surface area contributed by atoms with Crippen LogP contribution in [0.5, 0.6) is 0 Å². The Kier molecular flexibility index (Phi) is 7.29. The number of aryl methyl sites for hydroxylation is 1. The zero-order chi connectivity index (χ0) is 25.4. The minimum absolute atomic E-state index is 0.266. The summed E-state index contributed by atoms with van der Waals surface area (Å²) in [6.45, 7) is 6.03. The van der Waals surface area contributed by atoms with Gasteiger partial charge in [0.2, 0.25) is 5.95 Å². The topological polar surface area (TPSA) is 117 Å². The third-order valence-electron chi connectivity index (χ3n) is 8.70. The van der Waals surface area contributed by atoms with E-state index in [0.717, 1.165) is 78.8 Å². The summed E-state index contributed by atoms with van der Waals surface area (Å²) < 4.78 is 9.99. The highest BCUT2D eigenvalue weighted by Crippen LogP contribution is 2.36. The van der Waals surface area contributed by atoms with E-state index < -0.39 is 0 Å². The lowest BCUT2D eigenvalue weighted by Crippen LogP contribution is -2.68. The molecule has 11 heteroatoms. The number of nitrogens with two attached hydrogens (primary N) is 1. The summed E-state index contributed by atoms with van der Waals surface area (Å²) in [5, 5.41) is 8.05. The Bertz CT molecular complexity index is 1140. The number of hydrogen-bond acceptors (Lipinski definition) is 11. The smallest absolute Gasteiger partial charge is 0.230 e. The molecule has 2 bridgehead atoms. The SMILES string of the molecule is Cc1nsc2nc(NC(C=NC3CCOCC3)=CN)nc(NC3CCC(N4CC5CC(C4)N5C)CC3)c12. The van der Waals surface area contributed by atoms with Gasteiger partial charge in [-0.05, 0) is 70.4 Å². The number of nitrogens with zero attached hydrogens (tertiary/aromatic N) is 6. The minimum atomic E-state index is 0.266. The monoisotopic (exact) mass is 525 g/mol. The minimum Gasteiger partial charge on any atom is -0.403 e. The van der Waals surface area contributed by atoms with Crippen molar-refractivity contribution in [1.29, 1.82) is 0 Å². The maximum atomic E-state index is 5.91. The number of nitrogens with one attached hydrogen (secondary N) is 2. The second kappa shape index (κ2) is 10.8. The van der Waals surface area contributed by atoms with Crippen molar-refractivity contribution >= 4 is 39.7 Å². The highest BCUT2D eigenvalue weighted by molar-refractivity contribution is 7.13. The van der Waals surface area contributed by atoms with Gasteiger partial charge < -0.3 is 21.1 Å². The number of piperazine rings is 1. The van der Waals surface area contributed by atoms with Gasteiger partial charge in [-0.3, -0.25) is 14.8 Å². The van der Waals surface area contributed by atoms with Crippen LogP contribution in [0.2, 0.25) is 0 Å². The van der Waals surface area contributed by atoms with E-state index in [-0.39, 0.29) is 6.04 Å². The molecule has 7 rings (SSSR count). The van der Waals surface area contributed by atoms with Crippen molar-refractivity contribution in [2.24, 2.45) is 10.7 Å². The van der Waals surface area contributed by atoms with Crippen LogP contribution in [0.4, 0.5) is 11.8 Å². The molecule has 2 aromatic rings. The van der Waals surface area contributed by atoms with E-state index in [2.05, 4.69) is 36.8 Å². The number of ether oxygens (including phenoxy) is 1. The maximum absolute atomic E-state index is 5.91. The van der Waals surface area contributed by atoms with Crippen molar-refractivity contribution in [2.45, 2.75) is 82.1 Å². The molecule has 4 saturated heterocycles. The van der Waals surface area contributed by atoms with Crippen LogP contribution in [0.1, 0.15) is 50.6 Å². The predicted octanol–water partition coefficient (Wildman–Crippen LogP) is 2.97. The van der Waals surface area contributed by atoms with E-state index in [1.807, 2.05) is 6.92 Å². The molecule has 2 aromatic heterocycles. The van der Waals surface area contributed by atoms with Gasteiger partial charge in [-0.25, -0.2) is 0 Å². The molecule has 0 aromatic carbocycles. The molecule has 0 radical (unpaired) electrons. The number of aliphatic imine (C=N–C) groups is 1. The summed E-state index contributed by atoms with van der Waals surface area (Å²) in [6.07, 6.45) is 11.4. The molecule has 6 heterocycles. The third-order valence-corrected chi connectivity index (χ3v) is 9.53. The van der Waals surface area contributed by atoms with Crippen molar-refractivity contribution in [2.75, 3.05) is 44.0 Å². The van der Waals surface area contributed by atoms with Crippen LogP contribution in [0.25, 0.3) is 10.2 Å². The number of piperidine rings is 1. The van der Waals surface area contributed by atoms with Crippen LogP contribution >= 0.6 is 11.5 Å². The van der Waals surface area contributed by atoms with Crippen molar-refractivity contribution in [3.63, 3.8) is 0 Å². The van der Waals surface area contributed by atoms with Crippen LogP contribution in [0.15, 0.2) is 16.9 Å². The molecule has 1 aliphatic carbocycles. The van der Waals surface area contributed by atoms with Crippen molar-refractivity contribution in [3.05, 3.63) is 17.6 Å². The molecule has 200 valence electrons. The lowest BCUT2D eigenvalue weighted by Gasteiger charge is -2.57. The summed E-state index contributed by atoms with van der Waals surface area (Å²) in [6, 6.07) is 2.94. The number of rotatable bonds is 7. The third kappa shape index (κ3) is 5.32. The Balaban J connectivity index is 1.11. The van der Waals surface area contributed by atoms with Gasteiger partial charge in [-0.15, -0.1) is 0 Å². The van der Waals surface area contributed by atoms with E-state index in [4.69, 9.17) is 20.4 Å². The maximum Gasteiger partial charge on any atom is 0.230 e. The zero-order valence-electron chi connectivity index (χ0n) is 21.9. The van der Waals surface area contributed by atoms with Gasteiger partial charge in [-0.1, -0.05) is 0 Å². The van der Waals surface area contributed by atoms with Crippen LogP contribution < -0.4 is 16.4 Å². The number of likely N-dealkylation sites (N-methyl/N-ethyl adjacent to an activating group) is 1. The average Bonchev–Trinajstić information content (AvgIpc) is 3.32. The second-order valence-corrected chi connectivity index (χ2v) is 11.8. The highest BCUT2D eigenvalue weighted by Gasteiger charge is 2.44. The molecule has 0 amide bonds. The molecule has 0 spiro atoms. The van der Waals surface area contributed by atoms with Crippen molar-refractivity contribution < 1.29 is 4.74 Å². The Hall–Kier alpha value is -2.34. The lowest BCUT2D eigenvalue weighted by molar-refractivity contribution is -0.0701. The van der Waals surface area contributed by atoms with Crippen LogP contribution in [0, 0.1) is 6.92 Å². The van der Waals surface area contributed by atoms with Gasteiger partial charge in [0.05, 0.1) is 22.8 Å². The molecule has 2 unspecified atom stereocenters. The van der Waals surface area contributed by atoms with Crippen molar-refractivity contribution in [3.8, 4) is 0 Å². The molecule has 10 nitrogen and oxygen atoms in total. The Morgan fingerprint density at radius 1 is 1.08 bits per heavy atom. The van der Waals surface area contributed by atoms with Gasteiger partial charge in [0, 0.05) is 62.9 Å². The van der Waals surface area contributed by atoms with Gasteiger partial charge in [0.15, 0.2) is 4.83 Å². The van der Waals surface area contributed by atoms with Gasteiger partial charge in [0.25, 0.3) is 0 Å². The normalized spacial score (nSPS) is 30.1. The van der Waals surface area contributed by atoms with Gasteiger partial charge >= 0.3 is 0 Å². The Morgan fingerprint density at radius 3 is 2.54 bits per heavy atom. The zero-order valence-corrected chi connectivity index (χ0v) is 22.7. The Morgan fingerprint density at radius 2 is 1.84 bits per heavy atom. The number of hydrogen-bond donors (Lipinski definition) is 3. The second-order valence-electron chi connectivity index (χ2n) is 11.0. The predicted molar refractivity (Wildman–Crippen MR) is 149 cm³/mol. The molecular formula is C26H39N9OS. The standard InChI is InChI=1S/C26H39N9OS/c1-16-23-24(29-18-3-5-20(6-4-18)35-14-21-11-22(15-35)34(21)2)31-26(32-25(23)37-33-16)30-19(12-27)13-28-17-7-9-36-10-8-17/h12-13,17-18,20-22H,3-11,14-15,27H2,1-2H3,(H2,29,30,31,32). The van der Waals surface area contributed by atoms with E-state index in [1.54, 1.807) is 6.21 Å². The Labute approximate surface area is 222 Å². The summed E-state index contributed by atoms with van der Waals surface area (Å²) in [5.74, 6) is 1.37. The molecule has 4 N–H and O–H groups in total. The van der Waals surface area contributed by atoms with E-state index in [1.165, 1.54) is 50.1 Å². The largest absolute Gasteiger partial charge is 0.403 e. The first-order valence-corrected chi connectivity index (χ1v) is 14.5. The molecule has 5 fully saturated rings. The van der Waals surface area contributed by atoms with Crippen LogP contribution in [0.3, 0.4) is 0 Å². The number of aromatic nitrogens is 3. The molecule has 4 aliphatic heterocycles. The molecule has 37 heavy (non-hydrogen) atoms. The molecular weight excluding hydrogens is 486 g/mol. The quantitative estimate of drug-likeness (QED) is 0.469. The fourth-order valence-electron chi connectivity index (χ4n) is 6.32. The first-order chi connectivity index (χ1) is 18.1. The number of fused-ring (bicyclic) bond motifs is 3. The summed E-state index contributed by atoms with van der Waals surface area (Å²) in [4.78, 5) is 20.5. The van der Waals surface area contributed by atoms with Crippen molar-refractivity contribution in [1.82, 2.24) is 24.1 Å². The highest BCUT2D eigenvalue weighted by atomic mass is 32.1. The average molecular weight is 526 g/mol. The van der Waals surface area contributed by atoms with E-state index >= 15 is 0 Å². The lowest BCUT2D eigenvalue weighted by atomic mass is 9.84. The summed E-state index contributed by atoms with van der Waals surface area (Å²) in [7, 11) is 2.29. The van der Waals surface area contributed by atoms with Gasteiger partial charge in [-0.2, -0.15) is 14.3 Å². The fraction of sp³-hybridized carbons (Fsp3) is 0.692. The number of allylic oxidation sites excluding steroid dienone is 1. The first kappa shape index (κ1) is 25.0. The summed E-state index contributed by atoms with van der Waals surface area (Å²) >= 11 is 1.41. The van der Waals surface area contributed by atoms with E-state index in [0.29, 0.717) is 17.7 Å². The molecule has 5 aliphatic rings. The van der Waals surface area contributed by atoms with Gasteiger partial charge in [0.1, 0.15) is 5.82 Å². The van der Waals surface area contributed by atoms with E-state index in [9.17, 15) is 0 Å². The molecule has 2 atom stereocenters.